The van der Waals surface area contributed by atoms with Gasteiger partial charge in [-0.15, -0.1) is 5.92 Å². The van der Waals surface area contributed by atoms with Gasteiger partial charge in [0.1, 0.15) is 0 Å². The lowest BCUT2D eigenvalue weighted by Crippen LogP contribution is -2.33. The standard InChI is InChI=1S/C10H14O4/c1-4-6-8(5-2)9(10(12)13)14-7(3)11/h8-9H,5H2,1-3H3,(H,12,13). The molecule has 0 saturated heterocycles. The van der Waals surface area contributed by atoms with Crippen molar-refractivity contribution in [3.63, 3.8) is 0 Å². The van der Waals surface area contributed by atoms with E-state index >= 15 is 0 Å². The van der Waals surface area contributed by atoms with Crippen LogP contribution in [0.4, 0.5) is 0 Å². The zero-order valence-electron chi connectivity index (χ0n) is 8.53. The molecule has 78 valence electrons. The molecule has 0 aliphatic rings. The normalized spacial score (nSPS) is 13.4. The number of aliphatic carboxylic acids is 1. The van der Waals surface area contributed by atoms with Crippen LogP contribution in [0.5, 0.6) is 0 Å². The van der Waals surface area contributed by atoms with Crippen molar-refractivity contribution in [3.8, 4) is 11.8 Å². The molecule has 0 fully saturated rings. The first-order valence-electron chi connectivity index (χ1n) is 4.35. The summed E-state index contributed by atoms with van der Waals surface area (Å²) in [6.07, 6.45) is -0.629. The van der Waals surface area contributed by atoms with E-state index in [1.54, 1.807) is 13.8 Å². The zero-order chi connectivity index (χ0) is 11.1. The summed E-state index contributed by atoms with van der Waals surface area (Å²) in [4.78, 5) is 21.4. The largest absolute Gasteiger partial charge is 0.478 e. The van der Waals surface area contributed by atoms with Gasteiger partial charge >= 0.3 is 11.9 Å². The van der Waals surface area contributed by atoms with Crippen molar-refractivity contribution in [1.29, 1.82) is 0 Å². The lowest BCUT2D eigenvalue weighted by Gasteiger charge is -2.17. The van der Waals surface area contributed by atoms with Crippen molar-refractivity contribution < 1.29 is 19.4 Å². The highest BCUT2D eigenvalue weighted by molar-refractivity contribution is 5.77. The maximum atomic E-state index is 10.8. The van der Waals surface area contributed by atoms with E-state index in [-0.39, 0.29) is 0 Å². The van der Waals surface area contributed by atoms with E-state index in [1.807, 2.05) is 0 Å². The van der Waals surface area contributed by atoms with Crippen molar-refractivity contribution in [2.75, 3.05) is 0 Å². The summed E-state index contributed by atoms with van der Waals surface area (Å²) in [7, 11) is 0. The van der Waals surface area contributed by atoms with E-state index < -0.39 is 24.0 Å². The molecule has 0 rings (SSSR count). The monoisotopic (exact) mass is 198 g/mol. The van der Waals surface area contributed by atoms with Crippen LogP contribution < -0.4 is 0 Å². The number of carbonyl (C=O) groups excluding carboxylic acids is 1. The Morgan fingerprint density at radius 2 is 2.07 bits per heavy atom. The maximum absolute atomic E-state index is 10.8. The van der Waals surface area contributed by atoms with Gasteiger partial charge in [0.25, 0.3) is 0 Å². The molecule has 0 spiro atoms. The van der Waals surface area contributed by atoms with Crippen LogP contribution in [0, 0.1) is 17.8 Å². The second-order valence-electron chi connectivity index (χ2n) is 2.78. The fourth-order valence-corrected chi connectivity index (χ4v) is 1.06. The third-order valence-electron chi connectivity index (χ3n) is 1.67. The second-order valence-corrected chi connectivity index (χ2v) is 2.78. The first-order valence-corrected chi connectivity index (χ1v) is 4.35. The van der Waals surface area contributed by atoms with Crippen LogP contribution in [0.1, 0.15) is 27.2 Å². The lowest BCUT2D eigenvalue weighted by molar-refractivity contribution is -0.165. The van der Waals surface area contributed by atoms with Crippen molar-refractivity contribution >= 4 is 11.9 Å². The van der Waals surface area contributed by atoms with E-state index in [9.17, 15) is 9.59 Å². The van der Waals surface area contributed by atoms with Crippen LogP contribution in [0.2, 0.25) is 0 Å². The van der Waals surface area contributed by atoms with Crippen molar-refractivity contribution in [3.05, 3.63) is 0 Å². The fourth-order valence-electron chi connectivity index (χ4n) is 1.06. The molecule has 0 aromatic carbocycles. The number of esters is 1. The second kappa shape index (κ2) is 6.03. The Bertz CT molecular complexity index is 272. The third kappa shape index (κ3) is 3.94. The van der Waals surface area contributed by atoms with Crippen molar-refractivity contribution in [2.24, 2.45) is 5.92 Å². The van der Waals surface area contributed by atoms with Crippen molar-refractivity contribution in [2.45, 2.75) is 33.3 Å². The van der Waals surface area contributed by atoms with Gasteiger partial charge in [-0.1, -0.05) is 12.8 Å². The fraction of sp³-hybridized carbons (Fsp3) is 0.600. The molecule has 4 nitrogen and oxygen atoms in total. The van der Waals surface area contributed by atoms with E-state index in [0.717, 1.165) is 0 Å². The van der Waals surface area contributed by atoms with Crippen LogP contribution in [-0.4, -0.2) is 23.1 Å². The molecule has 0 saturated carbocycles. The van der Waals surface area contributed by atoms with Gasteiger partial charge < -0.3 is 9.84 Å². The maximum Gasteiger partial charge on any atom is 0.346 e. The molecule has 0 amide bonds. The number of carbonyl (C=O) groups is 2. The summed E-state index contributed by atoms with van der Waals surface area (Å²) in [6, 6.07) is 0. The van der Waals surface area contributed by atoms with Crippen LogP contribution in [-0.2, 0) is 14.3 Å². The summed E-state index contributed by atoms with van der Waals surface area (Å²) >= 11 is 0. The predicted octanol–water partition coefficient (Wildman–Crippen LogP) is 1.05. The predicted molar refractivity (Wildman–Crippen MR) is 50.4 cm³/mol. The van der Waals surface area contributed by atoms with Crippen molar-refractivity contribution in [1.82, 2.24) is 0 Å². The molecule has 0 aliphatic carbocycles. The number of hydrogen-bond acceptors (Lipinski definition) is 3. The average molecular weight is 198 g/mol. The molecule has 0 aromatic rings. The Morgan fingerprint density at radius 3 is 2.36 bits per heavy atom. The molecule has 0 bridgehead atoms. The topological polar surface area (TPSA) is 63.6 Å². The highest BCUT2D eigenvalue weighted by Crippen LogP contribution is 2.12. The summed E-state index contributed by atoms with van der Waals surface area (Å²) in [6.45, 7) is 4.60. The van der Waals surface area contributed by atoms with Crippen LogP contribution in [0.25, 0.3) is 0 Å². The SMILES string of the molecule is CC#CC(CC)C(OC(C)=O)C(=O)O. The van der Waals surface area contributed by atoms with E-state index in [2.05, 4.69) is 16.6 Å². The number of hydrogen-bond donors (Lipinski definition) is 1. The molecule has 1 N–H and O–H groups in total. The Kier molecular flexibility index (Phi) is 5.38. The smallest absolute Gasteiger partial charge is 0.346 e. The molecule has 14 heavy (non-hydrogen) atoms. The van der Waals surface area contributed by atoms with E-state index in [1.165, 1.54) is 6.92 Å². The van der Waals surface area contributed by atoms with Gasteiger partial charge in [0.05, 0.1) is 5.92 Å². The molecule has 4 heteroatoms. The minimum absolute atomic E-state index is 0.443. The minimum atomic E-state index is -1.16. The van der Waals surface area contributed by atoms with Crippen LogP contribution in [0.15, 0.2) is 0 Å². The Labute approximate surface area is 83.3 Å². The summed E-state index contributed by atoms with van der Waals surface area (Å²) < 4.78 is 4.68. The molecule has 0 radical (unpaired) electrons. The molecular weight excluding hydrogens is 184 g/mol. The average Bonchev–Trinajstić information content (AvgIpc) is 2.10. The third-order valence-corrected chi connectivity index (χ3v) is 1.67. The molecule has 2 atom stereocenters. The highest BCUT2D eigenvalue weighted by atomic mass is 16.6. The Morgan fingerprint density at radius 1 is 1.50 bits per heavy atom. The van der Waals surface area contributed by atoms with Gasteiger partial charge in [-0.3, -0.25) is 4.79 Å². The van der Waals surface area contributed by atoms with Crippen LogP contribution >= 0.6 is 0 Å². The quantitative estimate of drug-likeness (QED) is 0.541. The van der Waals surface area contributed by atoms with Gasteiger partial charge in [-0.2, -0.15) is 0 Å². The Hall–Kier alpha value is -1.50. The van der Waals surface area contributed by atoms with Gasteiger partial charge in [-0.25, -0.2) is 4.79 Å². The summed E-state index contributed by atoms with van der Waals surface area (Å²) in [5.41, 5.74) is 0. The Balaban J connectivity index is 4.65. The lowest BCUT2D eigenvalue weighted by atomic mass is 10.00. The van der Waals surface area contributed by atoms with E-state index in [0.29, 0.717) is 6.42 Å². The van der Waals surface area contributed by atoms with Gasteiger partial charge in [0.2, 0.25) is 6.10 Å². The van der Waals surface area contributed by atoms with Gasteiger partial charge in [0, 0.05) is 6.92 Å². The molecule has 2 unspecified atom stereocenters. The minimum Gasteiger partial charge on any atom is -0.478 e. The van der Waals surface area contributed by atoms with Crippen LogP contribution in [0.3, 0.4) is 0 Å². The number of carboxylic acid groups (broad SMARTS) is 1. The molecule has 0 aromatic heterocycles. The summed E-state index contributed by atoms with van der Waals surface area (Å²) in [5.74, 6) is 3.13. The first kappa shape index (κ1) is 12.5. The zero-order valence-corrected chi connectivity index (χ0v) is 8.53. The summed E-state index contributed by atoms with van der Waals surface area (Å²) in [5, 5.41) is 8.81. The highest BCUT2D eigenvalue weighted by Gasteiger charge is 2.28. The van der Waals surface area contributed by atoms with Gasteiger partial charge in [0.15, 0.2) is 0 Å². The number of ether oxygens (including phenoxy) is 1. The number of rotatable bonds is 4. The van der Waals surface area contributed by atoms with E-state index in [4.69, 9.17) is 5.11 Å². The first-order chi connectivity index (χ1) is 6.52. The molecule has 0 heterocycles. The van der Waals surface area contributed by atoms with Gasteiger partial charge in [-0.05, 0) is 13.3 Å². The number of carboxylic acids is 1. The molecule has 0 aliphatic heterocycles. The molecular formula is C10H14O4.